The minimum atomic E-state index is -0.0755. The van der Waals surface area contributed by atoms with Crippen molar-refractivity contribution >= 4 is 11.8 Å². The van der Waals surface area contributed by atoms with E-state index in [-0.39, 0.29) is 11.8 Å². The van der Waals surface area contributed by atoms with E-state index < -0.39 is 0 Å². The normalized spacial score (nSPS) is 14.2. The summed E-state index contributed by atoms with van der Waals surface area (Å²) in [6.07, 6.45) is 5.99. The number of nitrogens with zero attached hydrogens (tertiary/aromatic N) is 2. The number of benzene rings is 2. The summed E-state index contributed by atoms with van der Waals surface area (Å²) in [4.78, 5) is 29.9. The summed E-state index contributed by atoms with van der Waals surface area (Å²) in [6.45, 7) is 4.41. The molecule has 0 N–H and O–H groups in total. The van der Waals surface area contributed by atoms with Crippen molar-refractivity contribution < 1.29 is 14.0 Å². The monoisotopic (exact) mass is 458 g/mol. The lowest BCUT2D eigenvalue weighted by Gasteiger charge is -2.33. The van der Waals surface area contributed by atoms with Gasteiger partial charge in [0.1, 0.15) is 5.76 Å². The van der Waals surface area contributed by atoms with E-state index in [1.165, 1.54) is 11.1 Å². The zero-order chi connectivity index (χ0) is 23.8. The van der Waals surface area contributed by atoms with Gasteiger partial charge in [0.25, 0.3) is 5.91 Å². The van der Waals surface area contributed by atoms with Crippen molar-refractivity contribution in [1.82, 2.24) is 9.80 Å². The molecule has 34 heavy (non-hydrogen) atoms. The molecule has 0 atom stereocenters. The second-order valence-corrected chi connectivity index (χ2v) is 9.12. The molecule has 1 saturated heterocycles. The van der Waals surface area contributed by atoms with Crippen molar-refractivity contribution in [3.8, 4) is 0 Å². The van der Waals surface area contributed by atoms with Gasteiger partial charge in [-0.05, 0) is 67.0 Å². The fourth-order valence-corrected chi connectivity index (χ4v) is 4.63. The number of carbonyl (C=O) groups is 2. The Morgan fingerprint density at radius 3 is 2.32 bits per heavy atom. The van der Waals surface area contributed by atoms with E-state index in [1.54, 1.807) is 11.2 Å². The molecule has 0 unspecified atom stereocenters. The van der Waals surface area contributed by atoms with Gasteiger partial charge in [0.2, 0.25) is 5.91 Å². The predicted molar refractivity (Wildman–Crippen MR) is 133 cm³/mol. The van der Waals surface area contributed by atoms with E-state index in [2.05, 4.69) is 31.2 Å². The molecule has 5 heteroatoms. The molecule has 2 amide bonds. The van der Waals surface area contributed by atoms with Crippen molar-refractivity contribution in [2.24, 2.45) is 5.92 Å². The molecule has 5 nitrogen and oxygen atoms in total. The fourth-order valence-electron chi connectivity index (χ4n) is 4.63. The van der Waals surface area contributed by atoms with Crippen molar-refractivity contribution in [3.05, 3.63) is 95.4 Å². The maximum absolute atomic E-state index is 13.2. The van der Waals surface area contributed by atoms with Crippen molar-refractivity contribution in [2.75, 3.05) is 19.6 Å². The lowest BCUT2D eigenvalue weighted by Crippen LogP contribution is -2.41. The number of hydrogen-bond acceptors (Lipinski definition) is 3. The van der Waals surface area contributed by atoms with E-state index in [0.717, 1.165) is 38.8 Å². The molecule has 0 bridgehead atoms. The molecule has 2 aromatic carbocycles. The molecule has 0 radical (unpaired) electrons. The minimum absolute atomic E-state index is 0.0755. The van der Waals surface area contributed by atoms with Gasteiger partial charge < -0.3 is 14.2 Å². The maximum Gasteiger partial charge on any atom is 0.254 e. The van der Waals surface area contributed by atoms with Crippen molar-refractivity contribution in [3.63, 3.8) is 0 Å². The summed E-state index contributed by atoms with van der Waals surface area (Å²) in [5, 5.41) is 0. The van der Waals surface area contributed by atoms with Gasteiger partial charge in [-0.3, -0.25) is 9.59 Å². The number of hydrogen-bond donors (Lipinski definition) is 0. The van der Waals surface area contributed by atoms with E-state index in [4.69, 9.17) is 4.42 Å². The van der Waals surface area contributed by atoms with Crippen LogP contribution in [0.1, 0.15) is 53.4 Å². The Kier molecular flexibility index (Phi) is 8.18. The van der Waals surface area contributed by atoms with Crippen LogP contribution in [0.4, 0.5) is 0 Å². The molecule has 3 aromatic rings. The number of amides is 2. The molecule has 2 heterocycles. The maximum atomic E-state index is 13.2. The third kappa shape index (κ3) is 6.37. The zero-order valence-electron chi connectivity index (χ0n) is 20.0. The third-order valence-electron chi connectivity index (χ3n) is 6.75. The van der Waals surface area contributed by atoms with Gasteiger partial charge in [-0.15, -0.1) is 0 Å². The number of piperidine rings is 1. The Hall–Kier alpha value is -3.34. The second kappa shape index (κ2) is 11.7. The first-order valence-electron chi connectivity index (χ1n) is 12.3. The highest BCUT2D eigenvalue weighted by Gasteiger charge is 2.24. The summed E-state index contributed by atoms with van der Waals surface area (Å²) in [5.74, 6) is 1.38. The average molecular weight is 459 g/mol. The molecule has 0 saturated carbocycles. The highest BCUT2D eigenvalue weighted by atomic mass is 16.3. The molecule has 0 aliphatic carbocycles. The molecule has 4 rings (SSSR count). The first-order chi connectivity index (χ1) is 16.6. The van der Waals surface area contributed by atoms with Crippen LogP contribution in [-0.4, -0.2) is 41.2 Å². The lowest BCUT2D eigenvalue weighted by molar-refractivity contribution is -0.132. The van der Waals surface area contributed by atoms with Gasteiger partial charge in [-0.2, -0.15) is 0 Å². The molecule has 178 valence electrons. The number of aryl methyl sites for hydroxylation is 1. The summed E-state index contributed by atoms with van der Waals surface area (Å²) < 4.78 is 5.48. The van der Waals surface area contributed by atoms with E-state index in [1.807, 2.05) is 47.4 Å². The quantitative estimate of drug-likeness (QED) is 0.434. The average Bonchev–Trinajstić information content (AvgIpc) is 3.40. The number of furan rings is 1. The van der Waals surface area contributed by atoms with Crippen molar-refractivity contribution in [2.45, 2.75) is 45.6 Å². The van der Waals surface area contributed by atoms with Crippen LogP contribution >= 0.6 is 0 Å². The zero-order valence-corrected chi connectivity index (χ0v) is 20.0. The Labute approximate surface area is 202 Å². The summed E-state index contributed by atoms with van der Waals surface area (Å²) in [6, 6.07) is 22.0. The van der Waals surface area contributed by atoms with E-state index >= 15 is 0 Å². The highest BCUT2D eigenvalue weighted by Crippen LogP contribution is 2.22. The topological polar surface area (TPSA) is 53.8 Å². The number of carbonyl (C=O) groups excluding carboxylic acids is 2. The van der Waals surface area contributed by atoms with Crippen LogP contribution in [0.5, 0.6) is 0 Å². The largest absolute Gasteiger partial charge is 0.467 e. The number of likely N-dealkylation sites (tertiary alicyclic amines) is 1. The van der Waals surface area contributed by atoms with Crippen LogP contribution in [0.3, 0.4) is 0 Å². The van der Waals surface area contributed by atoms with E-state index in [0.29, 0.717) is 36.8 Å². The van der Waals surface area contributed by atoms with Gasteiger partial charge >= 0.3 is 0 Å². The van der Waals surface area contributed by atoms with Crippen LogP contribution < -0.4 is 0 Å². The van der Waals surface area contributed by atoms with Crippen LogP contribution in [0.15, 0.2) is 77.4 Å². The van der Waals surface area contributed by atoms with Gasteiger partial charge in [-0.25, -0.2) is 0 Å². The van der Waals surface area contributed by atoms with E-state index in [9.17, 15) is 9.59 Å². The molecule has 0 spiro atoms. The Morgan fingerprint density at radius 1 is 0.941 bits per heavy atom. The van der Waals surface area contributed by atoms with Gasteiger partial charge in [0.15, 0.2) is 0 Å². The molecule has 1 fully saturated rings. The van der Waals surface area contributed by atoms with Crippen LogP contribution in [-0.2, 0) is 24.2 Å². The second-order valence-electron chi connectivity index (χ2n) is 9.12. The standard InChI is InChI=1S/C29H34N2O3/c1-2-23-10-12-26(13-11-23)29(33)31(22-27-9-6-20-34-27)19-16-28(32)30-17-14-25(15-18-30)21-24-7-4-3-5-8-24/h3-13,20,25H,2,14-19,21-22H2,1H3. The Bertz CT molecular complexity index is 1040. The Balaban J connectivity index is 1.32. The Morgan fingerprint density at radius 2 is 1.68 bits per heavy atom. The van der Waals surface area contributed by atoms with Gasteiger partial charge in [0, 0.05) is 31.6 Å². The molecule has 1 aliphatic heterocycles. The van der Waals surface area contributed by atoms with Gasteiger partial charge in [0.05, 0.1) is 12.8 Å². The summed E-state index contributed by atoms with van der Waals surface area (Å²) in [7, 11) is 0. The lowest BCUT2D eigenvalue weighted by atomic mass is 9.90. The molecule has 1 aromatic heterocycles. The molecule has 1 aliphatic rings. The molecular weight excluding hydrogens is 424 g/mol. The van der Waals surface area contributed by atoms with Crippen molar-refractivity contribution in [1.29, 1.82) is 0 Å². The SMILES string of the molecule is CCc1ccc(C(=O)N(CCC(=O)N2CCC(Cc3ccccc3)CC2)Cc2ccco2)cc1. The van der Waals surface area contributed by atoms with Gasteiger partial charge in [-0.1, -0.05) is 49.4 Å². The minimum Gasteiger partial charge on any atom is -0.467 e. The summed E-state index contributed by atoms with van der Waals surface area (Å²) >= 11 is 0. The van der Waals surface area contributed by atoms with Crippen LogP contribution in [0.2, 0.25) is 0 Å². The highest BCUT2D eigenvalue weighted by molar-refractivity contribution is 5.94. The first-order valence-corrected chi connectivity index (χ1v) is 12.3. The predicted octanol–water partition coefficient (Wildman–Crippen LogP) is 5.36. The molecular formula is C29H34N2O3. The summed E-state index contributed by atoms with van der Waals surface area (Å²) in [5.41, 5.74) is 3.20. The fraction of sp³-hybridized carbons (Fsp3) is 0.379. The number of rotatable bonds is 9. The van der Waals surface area contributed by atoms with Crippen LogP contribution in [0, 0.1) is 5.92 Å². The smallest absolute Gasteiger partial charge is 0.254 e. The third-order valence-corrected chi connectivity index (χ3v) is 6.75. The first kappa shape index (κ1) is 23.8. The van der Waals surface area contributed by atoms with Crippen LogP contribution in [0.25, 0.3) is 0 Å².